The van der Waals surface area contributed by atoms with Crippen molar-refractivity contribution in [3.8, 4) is 0 Å². The predicted octanol–water partition coefficient (Wildman–Crippen LogP) is 16.9. The number of rotatable bonds is 8. The monoisotopic (exact) mass is 1430 g/mol. The first-order chi connectivity index (χ1) is 47.7. The van der Waals surface area contributed by atoms with Crippen LogP contribution in [-0.2, 0) is 34.0 Å². The van der Waals surface area contributed by atoms with E-state index in [0.29, 0.717) is 65.4 Å². The number of alkyl halides is 1. The molecule has 1 aliphatic heterocycles. The van der Waals surface area contributed by atoms with E-state index in [1.54, 1.807) is 6.20 Å². The average Bonchev–Trinajstić information content (AvgIpc) is 1.55. The number of ketones is 3. The normalized spacial score (nSPS) is 42.4. The summed E-state index contributed by atoms with van der Waals surface area (Å²) in [6, 6.07) is 6.14. The standard InChI is InChI=1S/2C28H39N3O2.C21H33BrO2.C8H8N2/c1-17-12-19-15-31(30-25(19)14-29-17)16-26(32)24-7-6-23-22-5-4-18-13-27(2,33)10-8-20(18)21(22)9-11-28(23,24)3;1-17-12-19-14-30-31(25(19)15-29-17)16-26(32)24-7-6-23-22-5-4-18-13-27(2,33)10-8-20(18)21(22)9-11-28(23,24)3;1-20(24)9-7-14-13(11-20)3-4-16-15(14)8-10-21(2)17(16)5-6-18(21)19(23)12-22;1-6-2-7-3-9-4-8(7)5-10-6/h2*12,14-15,18,20-24,33H,4-11,13,16H2,1-3H3;13-18,24H,3-12H2,1-2H3;2-3,5H,4H2,1H3/t2*18-,20+,21-,22-,23+,24-,27-,28+;13-,14+,15-,16-,17+,18-,20-,21+;/m111./s1. The van der Waals surface area contributed by atoms with Crippen molar-refractivity contribution in [3.05, 3.63) is 77.4 Å². The Labute approximate surface area is 604 Å². The van der Waals surface area contributed by atoms with Crippen LogP contribution in [0.25, 0.3) is 21.8 Å². The number of aliphatic hydroxyl groups is 3. The largest absolute Gasteiger partial charge is 0.390 e. The molecule has 12 saturated carbocycles. The van der Waals surface area contributed by atoms with Crippen molar-refractivity contribution in [2.75, 3.05) is 5.33 Å². The van der Waals surface area contributed by atoms with Crippen molar-refractivity contribution in [2.45, 2.75) is 272 Å². The van der Waals surface area contributed by atoms with E-state index in [-0.39, 0.29) is 28.1 Å². The van der Waals surface area contributed by atoms with Crippen LogP contribution >= 0.6 is 15.9 Å². The molecule has 6 heterocycles. The molecule has 18 rings (SSSR count). The van der Waals surface area contributed by atoms with Crippen molar-refractivity contribution >= 4 is 61.3 Å². The summed E-state index contributed by atoms with van der Waals surface area (Å²) in [6.45, 7) is 21.0. The van der Waals surface area contributed by atoms with Crippen molar-refractivity contribution in [3.63, 3.8) is 0 Å². The van der Waals surface area contributed by atoms with Gasteiger partial charge in [-0.05, 0) is 338 Å². The quantitative estimate of drug-likeness (QED) is 0.125. The van der Waals surface area contributed by atoms with Crippen LogP contribution in [0.15, 0.2) is 54.2 Å². The molecular weight excluding hydrogens is 1310 g/mol. The summed E-state index contributed by atoms with van der Waals surface area (Å²) in [7, 11) is 0. The molecule has 5 aromatic rings. The lowest BCUT2D eigenvalue weighted by molar-refractivity contribution is -0.133. The Morgan fingerprint density at radius 1 is 0.470 bits per heavy atom. The molecule has 0 amide bonds. The Morgan fingerprint density at radius 3 is 1.39 bits per heavy atom. The number of Topliss-reactive ketones (excluding diaryl/α,β-unsaturated/α-hetero) is 3. The minimum Gasteiger partial charge on any atom is -0.390 e. The fourth-order valence-electron chi connectivity index (χ4n) is 26.9. The molecule has 13 aliphatic rings. The topological polar surface area (TPSA) is 199 Å². The maximum absolute atomic E-state index is 13.6. The number of pyridine rings is 3. The maximum Gasteiger partial charge on any atom is 0.157 e. The summed E-state index contributed by atoms with van der Waals surface area (Å²) in [5, 5.41) is 43.6. The minimum atomic E-state index is -0.451. The van der Waals surface area contributed by atoms with E-state index in [1.165, 1.54) is 127 Å². The third kappa shape index (κ3) is 13.4. The number of nitrogens with zero attached hydrogens (tertiary/aromatic N) is 8. The van der Waals surface area contributed by atoms with Gasteiger partial charge in [-0.3, -0.25) is 43.7 Å². The van der Waals surface area contributed by atoms with Crippen LogP contribution in [0.3, 0.4) is 0 Å². The fourth-order valence-corrected chi connectivity index (χ4v) is 27.3. The van der Waals surface area contributed by atoms with Gasteiger partial charge >= 0.3 is 0 Å². The van der Waals surface area contributed by atoms with E-state index in [9.17, 15) is 29.7 Å². The van der Waals surface area contributed by atoms with Crippen LogP contribution in [0, 0.1) is 144 Å². The van der Waals surface area contributed by atoms with E-state index < -0.39 is 16.8 Å². The number of carbonyl (C=O) groups excluding carboxylic acids is 3. The molecule has 5 aromatic heterocycles. The third-order valence-corrected chi connectivity index (χ3v) is 32.1. The van der Waals surface area contributed by atoms with Gasteiger partial charge in [0.1, 0.15) is 17.8 Å². The van der Waals surface area contributed by atoms with E-state index in [1.807, 2.05) is 94.0 Å². The number of carbonyl (C=O) groups is 3. The molecule has 15 heteroatoms. The number of aromatic nitrogens is 7. The average molecular weight is 1430 g/mol. The number of fused-ring (bicyclic) bond motifs is 18. The number of hydrogen-bond acceptors (Lipinski definition) is 12. The Bertz CT molecular complexity index is 3880. The predicted molar refractivity (Wildman–Crippen MR) is 397 cm³/mol. The lowest BCUT2D eigenvalue weighted by Crippen LogP contribution is -2.51. The second kappa shape index (κ2) is 27.4. The molecule has 0 spiro atoms. The first-order valence-corrected chi connectivity index (χ1v) is 41.2. The minimum absolute atomic E-state index is 0.142. The highest BCUT2D eigenvalue weighted by atomic mass is 79.9. The van der Waals surface area contributed by atoms with Crippen LogP contribution < -0.4 is 0 Å². The smallest absolute Gasteiger partial charge is 0.157 e. The summed E-state index contributed by atoms with van der Waals surface area (Å²) in [4.78, 5) is 56.7. The summed E-state index contributed by atoms with van der Waals surface area (Å²) in [5.74, 6) is 13.5. The zero-order valence-corrected chi connectivity index (χ0v) is 63.6. The molecule has 0 saturated heterocycles. The Morgan fingerprint density at radius 2 is 0.900 bits per heavy atom. The summed E-state index contributed by atoms with van der Waals surface area (Å²) in [6.07, 6.45) is 43.2. The van der Waals surface area contributed by atoms with Crippen LogP contribution in [-0.4, -0.2) is 95.5 Å². The Balaban J connectivity index is 0.000000115. The molecule has 542 valence electrons. The van der Waals surface area contributed by atoms with Gasteiger partial charge in [-0.15, -0.1) is 0 Å². The molecular formula is C85H119BrN8O6. The van der Waals surface area contributed by atoms with Gasteiger partial charge in [0.05, 0.1) is 59.3 Å². The molecule has 0 bridgehead atoms. The highest BCUT2D eigenvalue weighted by Crippen LogP contribution is 2.68. The highest BCUT2D eigenvalue weighted by Gasteiger charge is 2.62. The SMILES string of the molecule is C[C@@]1(O)CC[C@H]2[C@H](CC[C@@H]3[C@@H]2CC[C@]2(C)[C@@H](C(=O)CBr)CC[C@@H]32)C1.Cc1cc2c(cn1)CN=C2.Cc1cc2cn(CC(=O)[C@H]3CC[C@H]4[C@@H]5CC[C@@H]6C[C@](C)(O)CC[C@@H]6[C@H]5CC[C@]34C)nc2cn1.Cc1cc2cnn(CC(=O)[C@H]3CC[C@H]4[C@@H]5CC[C@@H]6C[C@](C)(O)CC[C@@H]6[C@H]5CC[C@]34C)c2cn1. The van der Waals surface area contributed by atoms with Gasteiger partial charge in [0, 0.05) is 75.3 Å². The van der Waals surface area contributed by atoms with Gasteiger partial charge in [0.25, 0.3) is 0 Å². The van der Waals surface area contributed by atoms with E-state index in [0.717, 1.165) is 168 Å². The molecule has 14 nitrogen and oxygen atoms in total. The molecule has 12 fully saturated rings. The van der Waals surface area contributed by atoms with Gasteiger partial charge in [0.2, 0.25) is 0 Å². The number of halogens is 1. The lowest BCUT2D eigenvalue weighted by atomic mass is 9.49. The maximum atomic E-state index is 13.6. The Hall–Kier alpha value is -4.57. The summed E-state index contributed by atoms with van der Waals surface area (Å²) in [5.41, 5.74) is 6.55. The summed E-state index contributed by atoms with van der Waals surface area (Å²) >= 11 is 3.42. The second-order valence-electron chi connectivity index (χ2n) is 37.5. The lowest BCUT2D eigenvalue weighted by Gasteiger charge is -2.56. The van der Waals surface area contributed by atoms with E-state index in [4.69, 9.17) is 0 Å². The van der Waals surface area contributed by atoms with E-state index in [2.05, 4.69) is 72.9 Å². The molecule has 0 unspecified atom stereocenters. The van der Waals surface area contributed by atoms with Gasteiger partial charge < -0.3 is 15.3 Å². The van der Waals surface area contributed by atoms with Crippen molar-refractivity contribution in [1.29, 1.82) is 0 Å². The second-order valence-corrected chi connectivity index (χ2v) is 38.0. The number of aliphatic imine (C=N–C) groups is 1. The fraction of sp³-hybridized carbons (Fsp3) is 0.753. The summed E-state index contributed by atoms with van der Waals surface area (Å²) < 4.78 is 3.71. The molecule has 24 atom stereocenters. The zero-order chi connectivity index (χ0) is 70.0. The molecule has 100 heavy (non-hydrogen) atoms. The van der Waals surface area contributed by atoms with Crippen LogP contribution in [0.2, 0.25) is 0 Å². The number of hydrogen-bond donors (Lipinski definition) is 3. The highest BCUT2D eigenvalue weighted by molar-refractivity contribution is 9.09. The first kappa shape index (κ1) is 71.1. The van der Waals surface area contributed by atoms with E-state index >= 15 is 0 Å². The molecule has 3 N–H and O–H groups in total. The zero-order valence-electron chi connectivity index (χ0n) is 62.0. The third-order valence-electron chi connectivity index (χ3n) is 31.5. The molecule has 12 aliphatic carbocycles. The van der Waals surface area contributed by atoms with Crippen molar-refractivity contribution < 1.29 is 29.7 Å². The van der Waals surface area contributed by atoms with Gasteiger partial charge in [0.15, 0.2) is 11.6 Å². The molecule has 0 aromatic carbocycles. The first-order valence-electron chi connectivity index (χ1n) is 40.0. The Kier molecular flexibility index (Phi) is 19.5. The van der Waals surface area contributed by atoms with Gasteiger partial charge in [-0.1, -0.05) is 36.7 Å². The van der Waals surface area contributed by atoms with Crippen LogP contribution in [0.4, 0.5) is 0 Å². The van der Waals surface area contributed by atoms with Crippen molar-refractivity contribution in [1.82, 2.24) is 34.5 Å². The van der Waals surface area contributed by atoms with Crippen molar-refractivity contribution in [2.24, 2.45) is 128 Å². The molecule has 0 radical (unpaired) electrons. The van der Waals surface area contributed by atoms with Crippen LogP contribution in [0.5, 0.6) is 0 Å². The number of aryl methyl sites for hydroxylation is 3. The van der Waals surface area contributed by atoms with Crippen LogP contribution in [0.1, 0.15) is 243 Å². The van der Waals surface area contributed by atoms with Gasteiger partial charge in [-0.25, -0.2) is 0 Å². The van der Waals surface area contributed by atoms with Gasteiger partial charge in [-0.2, -0.15) is 10.2 Å².